The number of para-hydroxylation sites is 1. The summed E-state index contributed by atoms with van der Waals surface area (Å²) in [7, 11) is 0. The second-order valence-corrected chi connectivity index (χ2v) is 4.01. The average molecular weight is 257 g/mol. The van der Waals surface area contributed by atoms with Gasteiger partial charge in [-0.3, -0.25) is 14.9 Å². The van der Waals surface area contributed by atoms with E-state index in [2.05, 4.69) is 10.3 Å². The van der Waals surface area contributed by atoms with Crippen LogP contribution >= 0.6 is 0 Å². The van der Waals surface area contributed by atoms with Gasteiger partial charge in [0, 0.05) is 11.5 Å². The molecule has 2 aromatic heterocycles. The third kappa shape index (κ3) is 2.06. The number of carbonyl (C=O) groups excluding carboxylic acids is 1. The van der Waals surface area contributed by atoms with E-state index in [0.717, 1.165) is 10.9 Å². The molecule has 0 fully saturated rings. The number of benzene rings is 1. The Balaban J connectivity index is 1.89. The van der Waals surface area contributed by atoms with Crippen molar-refractivity contribution < 1.29 is 9.32 Å². The molecule has 0 saturated heterocycles. The summed E-state index contributed by atoms with van der Waals surface area (Å²) in [6.45, 7) is 0.401. The van der Waals surface area contributed by atoms with Gasteiger partial charge in [-0.05, 0) is 6.07 Å². The molecule has 0 spiro atoms. The first-order valence-electron chi connectivity index (χ1n) is 5.65. The SMILES string of the molecule is NNC(=O)c1cc(Cn2ncc3ccccc32)on1. The normalized spacial score (nSPS) is 10.8. The third-order valence-corrected chi connectivity index (χ3v) is 2.78. The molecule has 0 aliphatic carbocycles. The monoisotopic (exact) mass is 257 g/mol. The summed E-state index contributed by atoms with van der Waals surface area (Å²) in [4.78, 5) is 11.3. The first-order valence-corrected chi connectivity index (χ1v) is 5.65. The molecule has 3 aromatic rings. The zero-order valence-corrected chi connectivity index (χ0v) is 9.91. The van der Waals surface area contributed by atoms with E-state index in [1.165, 1.54) is 0 Å². The molecule has 0 aliphatic rings. The summed E-state index contributed by atoms with van der Waals surface area (Å²) in [5.74, 6) is 5.07. The first-order chi connectivity index (χ1) is 9.28. The van der Waals surface area contributed by atoms with E-state index in [4.69, 9.17) is 10.4 Å². The number of nitrogen functional groups attached to an aromatic ring is 1. The standard InChI is InChI=1S/C12H11N5O2/c13-15-12(18)10-5-9(19-16-10)7-17-11-4-2-1-3-8(11)6-14-17/h1-6H,7,13H2,(H,15,18). The maximum absolute atomic E-state index is 11.3. The number of rotatable bonds is 3. The van der Waals surface area contributed by atoms with E-state index in [1.54, 1.807) is 16.9 Å². The van der Waals surface area contributed by atoms with E-state index in [-0.39, 0.29) is 5.69 Å². The van der Waals surface area contributed by atoms with Crippen LogP contribution in [0.25, 0.3) is 10.9 Å². The fourth-order valence-corrected chi connectivity index (χ4v) is 1.87. The Morgan fingerprint density at radius 1 is 1.42 bits per heavy atom. The molecule has 0 bridgehead atoms. The van der Waals surface area contributed by atoms with Crippen molar-refractivity contribution in [3.8, 4) is 0 Å². The quantitative estimate of drug-likeness (QED) is 0.408. The maximum atomic E-state index is 11.3. The lowest BCUT2D eigenvalue weighted by Crippen LogP contribution is -2.30. The highest BCUT2D eigenvalue weighted by Crippen LogP contribution is 2.14. The molecule has 3 N–H and O–H groups in total. The molecule has 7 heteroatoms. The van der Waals surface area contributed by atoms with E-state index in [9.17, 15) is 4.79 Å². The van der Waals surface area contributed by atoms with Crippen LogP contribution in [0.4, 0.5) is 0 Å². The summed E-state index contributed by atoms with van der Waals surface area (Å²) in [6, 6.07) is 9.37. The minimum atomic E-state index is -0.486. The minimum absolute atomic E-state index is 0.147. The van der Waals surface area contributed by atoms with Crippen LogP contribution in [0.5, 0.6) is 0 Å². The molecule has 7 nitrogen and oxygen atoms in total. The molecular weight excluding hydrogens is 246 g/mol. The van der Waals surface area contributed by atoms with E-state index >= 15 is 0 Å². The Morgan fingerprint density at radius 2 is 2.26 bits per heavy atom. The topological polar surface area (TPSA) is 99.0 Å². The number of aromatic nitrogens is 3. The fraction of sp³-hybridized carbons (Fsp3) is 0.0833. The lowest BCUT2D eigenvalue weighted by Gasteiger charge is -1.99. The molecule has 3 rings (SSSR count). The van der Waals surface area contributed by atoms with Gasteiger partial charge in [0.05, 0.1) is 11.7 Å². The molecule has 2 heterocycles. The van der Waals surface area contributed by atoms with Gasteiger partial charge in [-0.15, -0.1) is 0 Å². The first kappa shape index (κ1) is 11.4. The van der Waals surface area contributed by atoms with E-state index in [0.29, 0.717) is 12.3 Å². The number of nitrogens with zero attached hydrogens (tertiary/aromatic N) is 3. The summed E-state index contributed by atoms with van der Waals surface area (Å²) in [5, 5.41) is 8.95. The lowest BCUT2D eigenvalue weighted by molar-refractivity contribution is 0.0944. The van der Waals surface area contributed by atoms with E-state index in [1.807, 2.05) is 29.7 Å². The van der Waals surface area contributed by atoms with Gasteiger partial charge in [-0.2, -0.15) is 5.10 Å². The second-order valence-electron chi connectivity index (χ2n) is 4.01. The van der Waals surface area contributed by atoms with Crippen LogP contribution in [0.1, 0.15) is 16.2 Å². The molecule has 0 unspecified atom stereocenters. The predicted octanol–water partition coefficient (Wildman–Crippen LogP) is 0.676. The summed E-state index contributed by atoms with van der Waals surface area (Å²) in [5.41, 5.74) is 3.14. The molecule has 0 atom stereocenters. The highest BCUT2D eigenvalue weighted by Gasteiger charge is 2.12. The van der Waals surface area contributed by atoms with Crippen LogP contribution in [0, 0.1) is 0 Å². The molecular formula is C12H11N5O2. The Hall–Kier alpha value is -2.67. The van der Waals surface area contributed by atoms with Crippen molar-refractivity contribution in [2.45, 2.75) is 6.54 Å². The number of nitrogens with one attached hydrogen (secondary N) is 1. The molecule has 19 heavy (non-hydrogen) atoms. The van der Waals surface area contributed by atoms with Crippen molar-refractivity contribution >= 4 is 16.8 Å². The number of nitrogens with two attached hydrogens (primary N) is 1. The number of hydrazine groups is 1. The minimum Gasteiger partial charge on any atom is -0.359 e. The van der Waals surface area contributed by atoms with Crippen LogP contribution in [0.15, 0.2) is 41.1 Å². The van der Waals surface area contributed by atoms with Gasteiger partial charge in [-0.25, -0.2) is 5.84 Å². The van der Waals surface area contributed by atoms with Gasteiger partial charge in [-0.1, -0.05) is 23.4 Å². The Kier molecular flexibility index (Phi) is 2.73. The van der Waals surface area contributed by atoms with Crippen molar-refractivity contribution in [2.24, 2.45) is 5.84 Å². The zero-order valence-electron chi connectivity index (χ0n) is 9.91. The molecule has 0 aliphatic heterocycles. The average Bonchev–Trinajstić information content (AvgIpc) is 3.06. The molecule has 1 aromatic carbocycles. The molecule has 0 saturated carbocycles. The highest BCUT2D eigenvalue weighted by atomic mass is 16.5. The maximum Gasteiger partial charge on any atom is 0.287 e. The molecule has 96 valence electrons. The van der Waals surface area contributed by atoms with Crippen LogP contribution in [0.3, 0.4) is 0 Å². The molecule has 1 amide bonds. The molecule has 0 radical (unpaired) electrons. The van der Waals surface area contributed by atoms with Gasteiger partial charge in [0.1, 0.15) is 6.54 Å². The fourth-order valence-electron chi connectivity index (χ4n) is 1.87. The summed E-state index contributed by atoms with van der Waals surface area (Å²) < 4.78 is 6.86. The van der Waals surface area contributed by atoms with Crippen LogP contribution < -0.4 is 11.3 Å². The van der Waals surface area contributed by atoms with Crippen molar-refractivity contribution in [1.82, 2.24) is 20.4 Å². The number of hydrogen-bond donors (Lipinski definition) is 2. The van der Waals surface area contributed by atoms with Crippen molar-refractivity contribution in [2.75, 3.05) is 0 Å². The van der Waals surface area contributed by atoms with Gasteiger partial charge < -0.3 is 4.52 Å². The van der Waals surface area contributed by atoms with Crippen LogP contribution in [-0.4, -0.2) is 20.8 Å². The van der Waals surface area contributed by atoms with Crippen molar-refractivity contribution in [1.29, 1.82) is 0 Å². The Morgan fingerprint density at radius 3 is 3.11 bits per heavy atom. The number of carbonyl (C=O) groups is 1. The summed E-state index contributed by atoms with van der Waals surface area (Å²) in [6.07, 6.45) is 1.78. The van der Waals surface area contributed by atoms with Gasteiger partial charge >= 0.3 is 0 Å². The highest BCUT2D eigenvalue weighted by molar-refractivity contribution is 5.91. The third-order valence-electron chi connectivity index (χ3n) is 2.78. The van der Waals surface area contributed by atoms with E-state index < -0.39 is 5.91 Å². The number of fused-ring (bicyclic) bond motifs is 1. The van der Waals surface area contributed by atoms with Crippen molar-refractivity contribution in [3.05, 3.63) is 48.0 Å². The Bertz CT molecular complexity index is 730. The van der Waals surface area contributed by atoms with Crippen LogP contribution in [0.2, 0.25) is 0 Å². The summed E-state index contributed by atoms with van der Waals surface area (Å²) >= 11 is 0. The predicted molar refractivity (Wildman–Crippen MR) is 67.0 cm³/mol. The van der Waals surface area contributed by atoms with Crippen molar-refractivity contribution in [3.63, 3.8) is 0 Å². The number of amides is 1. The largest absolute Gasteiger partial charge is 0.359 e. The second kappa shape index (κ2) is 4.54. The number of hydrogen-bond acceptors (Lipinski definition) is 5. The zero-order chi connectivity index (χ0) is 13.2. The Labute approximate surface area is 107 Å². The van der Waals surface area contributed by atoms with Gasteiger partial charge in [0.2, 0.25) is 0 Å². The van der Waals surface area contributed by atoms with Crippen LogP contribution in [-0.2, 0) is 6.54 Å². The van der Waals surface area contributed by atoms with Gasteiger partial charge in [0.15, 0.2) is 11.5 Å². The smallest absolute Gasteiger partial charge is 0.287 e. The van der Waals surface area contributed by atoms with Gasteiger partial charge in [0.25, 0.3) is 5.91 Å². The lowest BCUT2D eigenvalue weighted by atomic mass is 10.2.